The van der Waals surface area contributed by atoms with Gasteiger partial charge in [-0.1, -0.05) is 12.1 Å². The number of rotatable bonds is 4. The summed E-state index contributed by atoms with van der Waals surface area (Å²) in [5, 5.41) is 3.81. The van der Waals surface area contributed by atoms with Gasteiger partial charge in [-0.2, -0.15) is 0 Å². The largest absolute Gasteiger partial charge is 0.467 e. The second-order valence-corrected chi connectivity index (χ2v) is 4.79. The maximum atomic E-state index is 11.9. The number of amides is 1. The molecule has 0 bridgehead atoms. The first-order chi connectivity index (χ1) is 9.72. The fourth-order valence-electron chi connectivity index (χ4n) is 2.16. The molecule has 1 amide bonds. The lowest BCUT2D eigenvalue weighted by Gasteiger charge is -2.02. The number of fused-ring (bicyclic) bond motifs is 1. The first-order valence-corrected chi connectivity index (χ1v) is 6.48. The molecule has 0 saturated heterocycles. The minimum atomic E-state index is -0.0512. The van der Waals surface area contributed by atoms with Crippen LogP contribution in [0.15, 0.2) is 51.7 Å². The number of carbonyl (C=O) groups excluding carboxylic acids is 1. The molecule has 0 radical (unpaired) electrons. The molecule has 2 heterocycles. The van der Waals surface area contributed by atoms with Crippen molar-refractivity contribution < 1.29 is 13.6 Å². The van der Waals surface area contributed by atoms with E-state index in [4.69, 9.17) is 8.83 Å². The van der Waals surface area contributed by atoms with E-state index in [1.165, 1.54) is 0 Å². The van der Waals surface area contributed by atoms with Crippen molar-refractivity contribution in [2.75, 3.05) is 0 Å². The summed E-state index contributed by atoms with van der Waals surface area (Å²) in [6.45, 7) is 2.42. The Hall–Kier alpha value is -2.49. The highest BCUT2D eigenvalue weighted by Crippen LogP contribution is 2.22. The van der Waals surface area contributed by atoms with Gasteiger partial charge in [0.2, 0.25) is 5.91 Å². The van der Waals surface area contributed by atoms with Crippen molar-refractivity contribution in [2.24, 2.45) is 0 Å². The van der Waals surface area contributed by atoms with Gasteiger partial charge in [0.1, 0.15) is 11.3 Å². The van der Waals surface area contributed by atoms with E-state index >= 15 is 0 Å². The number of hydrogen-bond donors (Lipinski definition) is 1. The summed E-state index contributed by atoms with van der Waals surface area (Å²) >= 11 is 0. The predicted molar refractivity (Wildman–Crippen MR) is 75.2 cm³/mol. The smallest absolute Gasteiger partial charge is 0.224 e. The summed E-state index contributed by atoms with van der Waals surface area (Å²) in [7, 11) is 0. The number of hydrogen-bond acceptors (Lipinski definition) is 3. The van der Waals surface area contributed by atoms with E-state index < -0.39 is 0 Å². The summed E-state index contributed by atoms with van der Waals surface area (Å²) in [5.74, 6) is 0.690. The minimum absolute atomic E-state index is 0.0512. The molecule has 0 fully saturated rings. The molecule has 0 atom stereocenters. The Kier molecular flexibility index (Phi) is 3.29. The molecule has 3 rings (SSSR count). The van der Waals surface area contributed by atoms with E-state index in [-0.39, 0.29) is 5.91 Å². The summed E-state index contributed by atoms with van der Waals surface area (Å²) < 4.78 is 10.7. The van der Waals surface area contributed by atoms with Gasteiger partial charge in [-0.05, 0) is 30.7 Å². The lowest BCUT2D eigenvalue weighted by molar-refractivity contribution is -0.120. The molecule has 0 unspecified atom stereocenters. The number of benzene rings is 1. The van der Waals surface area contributed by atoms with Gasteiger partial charge in [0, 0.05) is 10.9 Å². The van der Waals surface area contributed by atoms with Crippen LogP contribution in [-0.2, 0) is 17.8 Å². The predicted octanol–water partition coefficient (Wildman–Crippen LogP) is 3.19. The number of furan rings is 2. The van der Waals surface area contributed by atoms with E-state index in [9.17, 15) is 4.79 Å². The normalized spacial score (nSPS) is 10.8. The highest BCUT2D eigenvalue weighted by atomic mass is 16.3. The third kappa shape index (κ3) is 2.59. The molecule has 102 valence electrons. The van der Waals surface area contributed by atoms with Crippen molar-refractivity contribution in [3.63, 3.8) is 0 Å². The molecule has 3 aromatic rings. The number of aryl methyl sites for hydroxylation is 1. The van der Waals surface area contributed by atoms with Gasteiger partial charge in [-0.3, -0.25) is 4.79 Å². The standard InChI is InChI=1S/C16H15NO3/c1-11-4-5-14-12(10-20-15(14)7-11)8-16(18)17-9-13-3-2-6-19-13/h2-7,10H,8-9H2,1H3,(H,17,18). The van der Waals surface area contributed by atoms with Crippen molar-refractivity contribution in [1.29, 1.82) is 0 Å². The highest BCUT2D eigenvalue weighted by Gasteiger charge is 2.10. The van der Waals surface area contributed by atoms with Gasteiger partial charge >= 0.3 is 0 Å². The first-order valence-electron chi connectivity index (χ1n) is 6.48. The molecule has 20 heavy (non-hydrogen) atoms. The maximum absolute atomic E-state index is 11.9. The molecule has 4 heteroatoms. The van der Waals surface area contributed by atoms with Crippen LogP contribution in [-0.4, -0.2) is 5.91 Å². The zero-order valence-electron chi connectivity index (χ0n) is 11.2. The maximum Gasteiger partial charge on any atom is 0.224 e. The van der Waals surface area contributed by atoms with Crippen LogP contribution in [0.5, 0.6) is 0 Å². The molecule has 0 aliphatic rings. The Morgan fingerprint density at radius 3 is 2.95 bits per heavy atom. The fourth-order valence-corrected chi connectivity index (χ4v) is 2.16. The molecule has 1 aromatic carbocycles. The van der Waals surface area contributed by atoms with E-state index in [0.29, 0.717) is 13.0 Å². The van der Waals surface area contributed by atoms with Crippen molar-refractivity contribution in [2.45, 2.75) is 19.9 Å². The Morgan fingerprint density at radius 1 is 1.25 bits per heavy atom. The van der Waals surface area contributed by atoms with Gasteiger partial charge in [0.25, 0.3) is 0 Å². The van der Waals surface area contributed by atoms with Crippen LogP contribution in [0.3, 0.4) is 0 Å². The Labute approximate surface area is 116 Å². The molecule has 0 saturated carbocycles. The zero-order valence-corrected chi connectivity index (χ0v) is 11.2. The van der Waals surface area contributed by atoms with Crippen LogP contribution in [0.2, 0.25) is 0 Å². The van der Waals surface area contributed by atoms with Crippen molar-refractivity contribution >= 4 is 16.9 Å². The van der Waals surface area contributed by atoms with Gasteiger partial charge in [-0.15, -0.1) is 0 Å². The van der Waals surface area contributed by atoms with E-state index in [2.05, 4.69) is 5.32 Å². The first kappa shape index (κ1) is 12.5. The lowest BCUT2D eigenvalue weighted by atomic mass is 10.1. The van der Waals surface area contributed by atoms with E-state index in [1.807, 2.05) is 31.2 Å². The second-order valence-electron chi connectivity index (χ2n) is 4.79. The Bertz CT molecular complexity index is 725. The lowest BCUT2D eigenvalue weighted by Crippen LogP contribution is -2.24. The third-order valence-electron chi connectivity index (χ3n) is 3.20. The molecular formula is C16H15NO3. The number of nitrogens with one attached hydrogen (secondary N) is 1. The SMILES string of the molecule is Cc1ccc2c(CC(=O)NCc3ccco3)coc2c1. The Morgan fingerprint density at radius 2 is 2.15 bits per heavy atom. The summed E-state index contributed by atoms with van der Waals surface area (Å²) in [4.78, 5) is 11.9. The zero-order chi connectivity index (χ0) is 13.9. The van der Waals surface area contributed by atoms with Gasteiger partial charge in [0.15, 0.2) is 0 Å². The molecular weight excluding hydrogens is 254 g/mol. The minimum Gasteiger partial charge on any atom is -0.467 e. The monoisotopic (exact) mass is 269 g/mol. The van der Waals surface area contributed by atoms with Crippen molar-refractivity contribution in [3.8, 4) is 0 Å². The summed E-state index contributed by atoms with van der Waals surface area (Å²) in [6.07, 6.45) is 3.54. The third-order valence-corrected chi connectivity index (χ3v) is 3.20. The van der Waals surface area contributed by atoms with Crippen LogP contribution < -0.4 is 5.32 Å². The quantitative estimate of drug-likeness (QED) is 0.791. The Balaban J connectivity index is 1.68. The molecule has 4 nitrogen and oxygen atoms in total. The average Bonchev–Trinajstić information content (AvgIpc) is 3.06. The number of carbonyl (C=O) groups is 1. The highest BCUT2D eigenvalue weighted by molar-refractivity contribution is 5.87. The van der Waals surface area contributed by atoms with Crippen LogP contribution in [0.1, 0.15) is 16.9 Å². The molecule has 0 aliphatic carbocycles. The van der Waals surface area contributed by atoms with Crippen LogP contribution >= 0.6 is 0 Å². The van der Waals surface area contributed by atoms with Crippen LogP contribution in [0, 0.1) is 6.92 Å². The average molecular weight is 269 g/mol. The van der Waals surface area contributed by atoms with Gasteiger partial charge < -0.3 is 14.2 Å². The topological polar surface area (TPSA) is 55.4 Å². The molecule has 2 aromatic heterocycles. The molecule has 0 aliphatic heterocycles. The van der Waals surface area contributed by atoms with E-state index in [1.54, 1.807) is 18.6 Å². The molecule has 0 spiro atoms. The molecule has 1 N–H and O–H groups in total. The summed E-state index contributed by atoms with van der Waals surface area (Å²) in [5.41, 5.74) is 2.86. The van der Waals surface area contributed by atoms with E-state index in [0.717, 1.165) is 27.9 Å². The van der Waals surface area contributed by atoms with Crippen molar-refractivity contribution in [1.82, 2.24) is 5.32 Å². The van der Waals surface area contributed by atoms with Crippen LogP contribution in [0.4, 0.5) is 0 Å². The summed E-state index contributed by atoms with van der Waals surface area (Å²) in [6, 6.07) is 9.61. The fraction of sp³-hybridized carbons (Fsp3) is 0.188. The second kappa shape index (κ2) is 5.25. The van der Waals surface area contributed by atoms with Crippen molar-refractivity contribution in [3.05, 3.63) is 59.7 Å². The van der Waals surface area contributed by atoms with Gasteiger partial charge in [-0.25, -0.2) is 0 Å². The van der Waals surface area contributed by atoms with Gasteiger partial charge in [0.05, 0.1) is 25.5 Å². The van der Waals surface area contributed by atoms with Crippen LogP contribution in [0.25, 0.3) is 11.0 Å².